The molecule has 2 heterocycles. The first-order valence-corrected chi connectivity index (χ1v) is 9.46. The number of anilines is 1. The number of aryl methyl sites for hydroxylation is 1. The largest absolute Gasteiger partial charge is 0.484 e. The summed E-state index contributed by atoms with van der Waals surface area (Å²) in [5.74, 6) is 0.104. The molecule has 0 saturated carbocycles. The number of amides is 1. The highest BCUT2D eigenvalue weighted by atomic mass is 32.1. The number of nitrogens with zero attached hydrogens (tertiary/aromatic N) is 4. The molecule has 0 saturated heterocycles. The molecule has 0 aliphatic heterocycles. The second-order valence-electron chi connectivity index (χ2n) is 6.20. The lowest BCUT2D eigenvalue weighted by Crippen LogP contribution is -2.20. The number of rotatable bonds is 6. The van der Waals surface area contributed by atoms with Crippen LogP contribution in [0.25, 0.3) is 16.2 Å². The van der Waals surface area contributed by atoms with E-state index in [0.717, 1.165) is 11.3 Å². The van der Waals surface area contributed by atoms with Gasteiger partial charge in [-0.1, -0.05) is 29.8 Å². The Balaban J connectivity index is 1.42. The van der Waals surface area contributed by atoms with Gasteiger partial charge < -0.3 is 4.74 Å². The van der Waals surface area contributed by atoms with Gasteiger partial charge in [0.2, 0.25) is 4.96 Å². The molecule has 9 nitrogen and oxygen atoms in total. The number of fused-ring (bicyclic) bond motifs is 1. The number of ether oxygens (including phenoxy) is 1. The van der Waals surface area contributed by atoms with E-state index >= 15 is 0 Å². The number of non-ortho nitro benzene ring substituents is 1. The molecule has 29 heavy (non-hydrogen) atoms. The third kappa shape index (κ3) is 4.06. The number of nitro benzene ring substituents is 1. The van der Waals surface area contributed by atoms with Crippen molar-refractivity contribution in [1.29, 1.82) is 0 Å². The van der Waals surface area contributed by atoms with Crippen LogP contribution in [0.15, 0.2) is 53.9 Å². The highest BCUT2D eigenvalue weighted by Crippen LogP contribution is 2.26. The van der Waals surface area contributed by atoms with Crippen molar-refractivity contribution in [2.24, 2.45) is 0 Å². The summed E-state index contributed by atoms with van der Waals surface area (Å²) in [5.41, 5.74) is 3.01. The number of nitro groups is 1. The minimum absolute atomic E-state index is 0.0477. The highest BCUT2D eigenvalue weighted by molar-refractivity contribution is 7.15. The second-order valence-corrected chi connectivity index (χ2v) is 7.04. The predicted molar refractivity (Wildman–Crippen MR) is 108 cm³/mol. The molecule has 0 aliphatic rings. The van der Waals surface area contributed by atoms with Crippen LogP contribution in [0.4, 0.5) is 11.6 Å². The average Bonchev–Trinajstić information content (AvgIpc) is 3.27. The van der Waals surface area contributed by atoms with Crippen LogP contribution in [-0.4, -0.2) is 32.0 Å². The SMILES string of the molecule is Cc1ccc(-c2csc3nc(NC(=O)COc4ccc([N+](=O)[O-])cc4)nn23)cc1. The molecule has 2 aromatic carbocycles. The van der Waals surface area contributed by atoms with Crippen LogP contribution >= 0.6 is 11.3 Å². The average molecular weight is 409 g/mol. The fraction of sp³-hybridized carbons (Fsp3) is 0.105. The molecule has 10 heteroatoms. The molecular weight excluding hydrogens is 394 g/mol. The normalized spacial score (nSPS) is 10.8. The summed E-state index contributed by atoms with van der Waals surface area (Å²) in [6.07, 6.45) is 0. The number of benzene rings is 2. The van der Waals surface area contributed by atoms with E-state index in [4.69, 9.17) is 4.74 Å². The molecule has 0 aliphatic carbocycles. The Hall–Kier alpha value is -3.79. The summed E-state index contributed by atoms with van der Waals surface area (Å²) in [6.45, 7) is 1.75. The van der Waals surface area contributed by atoms with E-state index in [1.165, 1.54) is 41.2 Å². The lowest BCUT2D eigenvalue weighted by Gasteiger charge is -2.05. The molecule has 0 unspecified atom stereocenters. The van der Waals surface area contributed by atoms with E-state index < -0.39 is 10.8 Å². The highest BCUT2D eigenvalue weighted by Gasteiger charge is 2.14. The van der Waals surface area contributed by atoms with Crippen LogP contribution in [0, 0.1) is 17.0 Å². The summed E-state index contributed by atoms with van der Waals surface area (Å²) < 4.78 is 7.02. The molecule has 1 amide bonds. The number of carbonyl (C=O) groups is 1. The van der Waals surface area contributed by atoms with Crippen molar-refractivity contribution in [3.8, 4) is 17.0 Å². The van der Waals surface area contributed by atoms with Crippen LogP contribution in [0.5, 0.6) is 5.75 Å². The summed E-state index contributed by atoms with van der Waals surface area (Å²) in [4.78, 5) is 27.2. The van der Waals surface area contributed by atoms with Crippen LogP contribution < -0.4 is 10.1 Å². The van der Waals surface area contributed by atoms with E-state index in [1.54, 1.807) is 4.52 Å². The maximum Gasteiger partial charge on any atom is 0.269 e. The quantitative estimate of drug-likeness (QED) is 0.384. The zero-order valence-electron chi connectivity index (χ0n) is 15.2. The van der Waals surface area contributed by atoms with Crippen LogP contribution in [0.3, 0.4) is 0 Å². The van der Waals surface area contributed by atoms with Crippen molar-refractivity contribution in [2.45, 2.75) is 6.92 Å². The first-order valence-electron chi connectivity index (χ1n) is 8.58. The Morgan fingerprint density at radius 2 is 1.93 bits per heavy atom. The summed E-state index contributed by atoms with van der Waals surface area (Å²) in [7, 11) is 0. The maximum absolute atomic E-state index is 12.1. The fourth-order valence-electron chi connectivity index (χ4n) is 2.63. The summed E-state index contributed by atoms with van der Waals surface area (Å²) in [5, 5.41) is 19.6. The Bertz CT molecular complexity index is 1180. The first kappa shape index (κ1) is 18.6. The molecule has 0 atom stereocenters. The van der Waals surface area contributed by atoms with Crippen molar-refractivity contribution in [1.82, 2.24) is 14.6 Å². The molecular formula is C19H15N5O4S. The van der Waals surface area contributed by atoms with Crippen molar-refractivity contribution < 1.29 is 14.5 Å². The number of hydrogen-bond donors (Lipinski definition) is 1. The molecule has 0 radical (unpaired) electrons. The third-order valence-electron chi connectivity index (χ3n) is 4.10. The van der Waals surface area contributed by atoms with Gasteiger partial charge in [-0.05, 0) is 19.1 Å². The van der Waals surface area contributed by atoms with Gasteiger partial charge in [-0.15, -0.1) is 16.4 Å². The molecule has 0 bridgehead atoms. The standard InChI is InChI=1S/C19H15N5O4S/c1-12-2-4-13(5-3-12)16-11-29-19-21-18(22-23(16)19)20-17(25)10-28-15-8-6-14(7-9-15)24(26)27/h2-9,11H,10H2,1H3,(H,20,22,25). The van der Waals surface area contributed by atoms with E-state index in [1.807, 2.05) is 36.6 Å². The van der Waals surface area contributed by atoms with Crippen molar-refractivity contribution >= 4 is 33.8 Å². The topological polar surface area (TPSA) is 112 Å². The van der Waals surface area contributed by atoms with Gasteiger partial charge in [0.25, 0.3) is 17.5 Å². The number of aromatic nitrogens is 3. The first-order chi connectivity index (χ1) is 14.0. The minimum atomic E-state index is -0.503. The van der Waals surface area contributed by atoms with Gasteiger partial charge in [0.1, 0.15) is 5.75 Å². The summed E-state index contributed by atoms with van der Waals surface area (Å²) in [6, 6.07) is 13.6. The van der Waals surface area contributed by atoms with Gasteiger partial charge in [0.15, 0.2) is 6.61 Å². The van der Waals surface area contributed by atoms with Gasteiger partial charge in [-0.3, -0.25) is 20.2 Å². The van der Waals surface area contributed by atoms with Gasteiger partial charge in [-0.2, -0.15) is 4.98 Å². The van der Waals surface area contributed by atoms with Gasteiger partial charge >= 0.3 is 0 Å². The van der Waals surface area contributed by atoms with E-state index in [-0.39, 0.29) is 18.2 Å². The van der Waals surface area contributed by atoms with Crippen LogP contribution in [0.2, 0.25) is 0 Å². The van der Waals surface area contributed by atoms with E-state index in [9.17, 15) is 14.9 Å². The molecule has 0 fully saturated rings. The van der Waals surface area contributed by atoms with Crippen molar-refractivity contribution in [3.05, 3.63) is 69.6 Å². The minimum Gasteiger partial charge on any atom is -0.484 e. The molecule has 0 spiro atoms. The zero-order chi connectivity index (χ0) is 20.4. The third-order valence-corrected chi connectivity index (χ3v) is 4.91. The molecule has 4 rings (SSSR count). The Morgan fingerprint density at radius 3 is 2.62 bits per heavy atom. The van der Waals surface area contributed by atoms with E-state index in [2.05, 4.69) is 15.4 Å². The Kier molecular flexibility index (Phi) is 4.92. The Labute approximate surface area is 168 Å². The van der Waals surface area contributed by atoms with Gasteiger partial charge in [0, 0.05) is 23.1 Å². The molecule has 1 N–H and O–H groups in total. The number of hydrogen-bond acceptors (Lipinski definition) is 7. The van der Waals surface area contributed by atoms with Crippen molar-refractivity contribution in [3.63, 3.8) is 0 Å². The fourth-order valence-corrected chi connectivity index (χ4v) is 3.46. The second kappa shape index (κ2) is 7.68. The Morgan fingerprint density at radius 1 is 1.21 bits per heavy atom. The van der Waals surface area contributed by atoms with Crippen LogP contribution in [0.1, 0.15) is 5.56 Å². The predicted octanol–water partition coefficient (Wildman–Crippen LogP) is 3.69. The van der Waals surface area contributed by atoms with Gasteiger partial charge in [0.05, 0.1) is 10.6 Å². The lowest BCUT2D eigenvalue weighted by atomic mass is 10.1. The molecule has 2 aromatic heterocycles. The molecule has 146 valence electrons. The van der Waals surface area contributed by atoms with Gasteiger partial charge in [-0.25, -0.2) is 4.52 Å². The van der Waals surface area contributed by atoms with Crippen LogP contribution in [-0.2, 0) is 4.79 Å². The number of nitrogens with one attached hydrogen (secondary N) is 1. The van der Waals surface area contributed by atoms with E-state index in [0.29, 0.717) is 10.7 Å². The number of carbonyl (C=O) groups excluding carboxylic acids is 1. The lowest BCUT2D eigenvalue weighted by molar-refractivity contribution is -0.384. The molecule has 4 aromatic rings. The smallest absolute Gasteiger partial charge is 0.269 e. The maximum atomic E-state index is 12.1. The zero-order valence-corrected chi connectivity index (χ0v) is 16.0. The summed E-state index contributed by atoms with van der Waals surface area (Å²) >= 11 is 1.43. The van der Waals surface area contributed by atoms with Crippen molar-refractivity contribution in [2.75, 3.05) is 11.9 Å². The monoisotopic (exact) mass is 409 g/mol. The number of thiazole rings is 1.